The average Bonchev–Trinajstić information content (AvgIpc) is 3.15. The Hall–Kier alpha value is -2.31. The van der Waals surface area contributed by atoms with Gasteiger partial charge >= 0.3 is 0 Å². The highest BCUT2D eigenvalue weighted by Crippen LogP contribution is 2.36. The molecule has 1 aliphatic rings. The summed E-state index contributed by atoms with van der Waals surface area (Å²) in [7, 11) is -3.81. The molecule has 1 saturated heterocycles. The van der Waals surface area contributed by atoms with Gasteiger partial charge in [0.15, 0.2) is 0 Å². The summed E-state index contributed by atoms with van der Waals surface area (Å²) < 4.78 is 32.7. The molecule has 2 aromatic carbocycles. The first-order valence-electron chi connectivity index (χ1n) is 9.28. The van der Waals surface area contributed by atoms with E-state index in [0.29, 0.717) is 16.5 Å². The molecule has 146 valence electrons. The Morgan fingerprint density at radius 3 is 2.43 bits per heavy atom. The van der Waals surface area contributed by atoms with Crippen molar-refractivity contribution in [3.63, 3.8) is 0 Å². The van der Waals surface area contributed by atoms with Crippen LogP contribution in [-0.2, 0) is 9.84 Å². The van der Waals surface area contributed by atoms with Gasteiger partial charge in [-0.05, 0) is 56.5 Å². The number of sulfone groups is 1. The number of nitrogens with zero attached hydrogens (tertiary/aromatic N) is 2. The molecule has 0 bridgehead atoms. The second-order valence-corrected chi connectivity index (χ2v) is 9.31. The molecule has 0 spiro atoms. The highest BCUT2D eigenvalue weighted by atomic mass is 35.5. The molecule has 1 fully saturated rings. The van der Waals surface area contributed by atoms with Crippen molar-refractivity contribution < 1.29 is 12.8 Å². The van der Waals surface area contributed by atoms with Crippen LogP contribution in [0.1, 0.15) is 24.8 Å². The minimum atomic E-state index is -3.81. The summed E-state index contributed by atoms with van der Waals surface area (Å²) in [6, 6.07) is 13.9. The lowest BCUT2D eigenvalue weighted by Gasteiger charge is -2.26. The SMILES string of the molecule is Cc1ccc(S(=O)(=O)c2nc(-c3cccc(Cl)c3)oc2N2CCCCC2)cc1. The number of piperidine rings is 1. The first-order chi connectivity index (χ1) is 13.4. The number of hydrogen-bond acceptors (Lipinski definition) is 5. The Balaban J connectivity index is 1.85. The largest absolute Gasteiger partial charge is 0.419 e. The third kappa shape index (κ3) is 3.66. The van der Waals surface area contributed by atoms with E-state index in [1.807, 2.05) is 11.8 Å². The van der Waals surface area contributed by atoms with Gasteiger partial charge in [-0.3, -0.25) is 0 Å². The molecule has 28 heavy (non-hydrogen) atoms. The van der Waals surface area contributed by atoms with Crippen molar-refractivity contribution in [3.05, 3.63) is 59.1 Å². The Morgan fingerprint density at radius 1 is 1.04 bits per heavy atom. The maximum atomic E-state index is 13.3. The molecule has 7 heteroatoms. The van der Waals surface area contributed by atoms with E-state index < -0.39 is 9.84 Å². The second-order valence-electron chi connectivity index (χ2n) is 7.00. The third-order valence-corrected chi connectivity index (χ3v) is 6.78. The van der Waals surface area contributed by atoms with Crippen molar-refractivity contribution >= 4 is 27.3 Å². The number of aromatic nitrogens is 1. The average molecular weight is 417 g/mol. The van der Waals surface area contributed by atoms with Gasteiger partial charge in [-0.2, -0.15) is 4.98 Å². The van der Waals surface area contributed by atoms with Crippen molar-refractivity contribution in [2.45, 2.75) is 36.1 Å². The molecule has 0 unspecified atom stereocenters. The lowest BCUT2D eigenvalue weighted by Crippen LogP contribution is -2.30. The normalized spacial score (nSPS) is 15.0. The van der Waals surface area contributed by atoms with Crippen LogP contribution in [0.15, 0.2) is 62.9 Å². The van der Waals surface area contributed by atoms with Gasteiger partial charge < -0.3 is 9.32 Å². The maximum absolute atomic E-state index is 13.3. The van der Waals surface area contributed by atoms with Crippen LogP contribution in [0.2, 0.25) is 5.02 Å². The summed E-state index contributed by atoms with van der Waals surface area (Å²) in [6.45, 7) is 3.42. The zero-order chi connectivity index (χ0) is 19.7. The molecule has 0 N–H and O–H groups in total. The molecule has 0 saturated carbocycles. The molecule has 0 aliphatic carbocycles. The van der Waals surface area contributed by atoms with Gasteiger partial charge in [0.2, 0.25) is 26.6 Å². The summed E-state index contributed by atoms with van der Waals surface area (Å²) in [5, 5.41) is 0.506. The molecule has 4 rings (SSSR count). The Kier molecular flexibility index (Phi) is 5.17. The minimum Gasteiger partial charge on any atom is -0.419 e. The fraction of sp³-hybridized carbons (Fsp3) is 0.286. The number of halogens is 1. The Labute approximate surface area is 169 Å². The number of rotatable bonds is 4. The number of aryl methyl sites for hydroxylation is 1. The molecule has 0 amide bonds. The number of benzene rings is 2. The Morgan fingerprint density at radius 2 is 1.75 bits per heavy atom. The standard InChI is InChI=1S/C21H21ClN2O3S/c1-15-8-10-18(11-9-15)28(25,26)20-21(24-12-3-2-4-13-24)27-19(23-20)16-6-5-7-17(22)14-16/h5-11,14H,2-4,12-13H2,1H3. The van der Waals surface area contributed by atoms with Crippen LogP contribution in [0.3, 0.4) is 0 Å². The van der Waals surface area contributed by atoms with Crippen LogP contribution in [0.25, 0.3) is 11.5 Å². The number of oxazole rings is 1. The predicted octanol–water partition coefficient (Wildman–Crippen LogP) is 5.13. The van der Waals surface area contributed by atoms with Crippen LogP contribution in [0, 0.1) is 6.92 Å². The van der Waals surface area contributed by atoms with Crippen molar-refractivity contribution in [2.75, 3.05) is 18.0 Å². The summed E-state index contributed by atoms with van der Waals surface area (Å²) in [5.74, 6) is 0.573. The highest BCUT2D eigenvalue weighted by Gasteiger charge is 2.32. The van der Waals surface area contributed by atoms with E-state index in [0.717, 1.165) is 37.9 Å². The molecule has 0 atom stereocenters. The smallest absolute Gasteiger partial charge is 0.236 e. The van der Waals surface area contributed by atoms with E-state index in [-0.39, 0.29) is 15.8 Å². The lowest BCUT2D eigenvalue weighted by atomic mass is 10.1. The Bertz CT molecular complexity index is 1090. The molecule has 2 heterocycles. The minimum absolute atomic E-state index is 0.0340. The zero-order valence-corrected chi connectivity index (χ0v) is 17.1. The van der Waals surface area contributed by atoms with E-state index >= 15 is 0 Å². The topological polar surface area (TPSA) is 63.4 Å². The molecular weight excluding hydrogens is 396 g/mol. The van der Waals surface area contributed by atoms with Crippen LogP contribution in [0.4, 0.5) is 5.88 Å². The fourth-order valence-corrected chi connectivity index (χ4v) is 4.86. The van der Waals surface area contributed by atoms with Crippen LogP contribution >= 0.6 is 11.6 Å². The van der Waals surface area contributed by atoms with Crippen LogP contribution in [-0.4, -0.2) is 26.5 Å². The number of hydrogen-bond donors (Lipinski definition) is 0. The van der Waals surface area contributed by atoms with E-state index in [4.69, 9.17) is 16.0 Å². The number of anilines is 1. The van der Waals surface area contributed by atoms with E-state index in [2.05, 4.69) is 4.98 Å². The summed E-state index contributed by atoms with van der Waals surface area (Å²) in [5.41, 5.74) is 1.64. The molecule has 1 aliphatic heterocycles. The lowest BCUT2D eigenvalue weighted by molar-refractivity contribution is 0.499. The molecule has 5 nitrogen and oxygen atoms in total. The predicted molar refractivity (Wildman–Crippen MR) is 110 cm³/mol. The van der Waals surface area contributed by atoms with Crippen LogP contribution in [0.5, 0.6) is 0 Å². The quantitative estimate of drug-likeness (QED) is 0.590. The van der Waals surface area contributed by atoms with Crippen molar-refractivity contribution in [1.82, 2.24) is 4.98 Å². The van der Waals surface area contributed by atoms with Crippen LogP contribution < -0.4 is 4.90 Å². The second kappa shape index (κ2) is 7.60. The summed E-state index contributed by atoms with van der Waals surface area (Å²) in [4.78, 5) is 6.60. The summed E-state index contributed by atoms with van der Waals surface area (Å²) in [6.07, 6.45) is 3.13. The fourth-order valence-electron chi connectivity index (χ4n) is 3.34. The molecule has 3 aromatic rings. The summed E-state index contributed by atoms with van der Waals surface area (Å²) >= 11 is 6.09. The van der Waals surface area contributed by atoms with Gasteiger partial charge in [-0.15, -0.1) is 0 Å². The van der Waals surface area contributed by atoms with Gasteiger partial charge in [-0.25, -0.2) is 8.42 Å². The molecule has 1 aromatic heterocycles. The van der Waals surface area contributed by atoms with Gasteiger partial charge in [-0.1, -0.05) is 35.4 Å². The maximum Gasteiger partial charge on any atom is 0.236 e. The van der Waals surface area contributed by atoms with E-state index in [1.54, 1.807) is 48.5 Å². The van der Waals surface area contributed by atoms with E-state index in [1.165, 1.54) is 0 Å². The highest BCUT2D eigenvalue weighted by molar-refractivity contribution is 7.91. The third-order valence-electron chi connectivity index (χ3n) is 4.88. The van der Waals surface area contributed by atoms with Crippen molar-refractivity contribution in [3.8, 4) is 11.5 Å². The molecule has 0 radical (unpaired) electrons. The first-order valence-corrected chi connectivity index (χ1v) is 11.1. The van der Waals surface area contributed by atoms with Gasteiger partial charge in [0.25, 0.3) is 0 Å². The zero-order valence-electron chi connectivity index (χ0n) is 15.6. The van der Waals surface area contributed by atoms with Crippen molar-refractivity contribution in [1.29, 1.82) is 0 Å². The van der Waals surface area contributed by atoms with Gasteiger partial charge in [0, 0.05) is 23.7 Å². The van der Waals surface area contributed by atoms with Crippen molar-refractivity contribution in [2.24, 2.45) is 0 Å². The monoisotopic (exact) mass is 416 g/mol. The van der Waals surface area contributed by atoms with Gasteiger partial charge in [0.1, 0.15) is 0 Å². The molecular formula is C21H21ClN2O3S. The van der Waals surface area contributed by atoms with E-state index in [9.17, 15) is 8.42 Å². The first kappa shape index (κ1) is 19.0. The van der Waals surface area contributed by atoms with Gasteiger partial charge in [0.05, 0.1) is 4.90 Å².